The van der Waals surface area contributed by atoms with Crippen molar-refractivity contribution in [3.05, 3.63) is 35.0 Å². The van der Waals surface area contributed by atoms with E-state index in [1.807, 2.05) is 18.2 Å². The number of carbonyl (C=O) groups excluding carboxylic acids is 1. The molecule has 0 unspecified atom stereocenters. The van der Waals surface area contributed by atoms with Gasteiger partial charge >= 0.3 is 0 Å². The molecule has 1 aromatic carbocycles. The van der Waals surface area contributed by atoms with Crippen molar-refractivity contribution < 1.29 is 14.6 Å². The van der Waals surface area contributed by atoms with Gasteiger partial charge in [0.15, 0.2) is 0 Å². The quantitative estimate of drug-likeness (QED) is 0.858. The minimum Gasteiger partial charge on any atom is -0.395 e. The maximum Gasteiger partial charge on any atom is 0.254 e. The number of ether oxygens (including phenoxy) is 1. The number of aliphatic hydroxyl groups is 1. The van der Waals surface area contributed by atoms with Crippen molar-refractivity contribution in [3.63, 3.8) is 0 Å². The molecule has 0 bridgehead atoms. The van der Waals surface area contributed by atoms with E-state index >= 15 is 0 Å². The molecule has 0 radical (unpaired) electrons. The molecule has 1 aromatic heterocycles. The molecule has 0 atom stereocenters. The van der Waals surface area contributed by atoms with Gasteiger partial charge in [-0.15, -0.1) is 0 Å². The fourth-order valence-electron chi connectivity index (χ4n) is 3.36. The molecule has 0 fully saturated rings. The molecule has 1 heterocycles. The van der Waals surface area contributed by atoms with Gasteiger partial charge in [0.25, 0.3) is 5.91 Å². The minimum absolute atomic E-state index is 0.0444. The number of aryl methyl sites for hydroxylation is 2. The molecule has 3 rings (SSSR count). The van der Waals surface area contributed by atoms with Crippen LogP contribution >= 0.6 is 0 Å². The summed E-state index contributed by atoms with van der Waals surface area (Å²) >= 11 is 0. The van der Waals surface area contributed by atoms with Crippen LogP contribution in [-0.2, 0) is 17.6 Å². The molecule has 0 spiro atoms. The summed E-state index contributed by atoms with van der Waals surface area (Å²) in [7, 11) is 1.61. The molecular weight excluding hydrogens is 292 g/mol. The number of hydrogen-bond acceptors (Lipinski definition) is 3. The van der Waals surface area contributed by atoms with E-state index in [0.717, 1.165) is 18.4 Å². The average molecular weight is 316 g/mol. The fraction of sp³-hybridized carbons (Fsp3) is 0.500. The third-order valence-corrected chi connectivity index (χ3v) is 4.57. The van der Waals surface area contributed by atoms with Crippen molar-refractivity contribution in [2.75, 3.05) is 33.4 Å². The van der Waals surface area contributed by atoms with Crippen molar-refractivity contribution in [1.82, 2.24) is 9.88 Å². The second-order valence-corrected chi connectivity index (χ2v) is 6.06. The number of hydrogen-bond donors (Lipinski definition) is 2. The maximum absolute atomic E-state index is 12.7. The summed E-state index contributed by atoms with van der Waals surface area (Å²) in [6.07, 6.45) is 4.62. The standard InChI is InChI=1S/C18H24N2O3/c1-23-11-9-20(8-10-21)18(22)13-6-7-17-15(12-13)14-4-2-3-5-16(14)19-17/h6-7,12,19,21H,2-5,8-11H2,1H3. The third kappa shape index (κ3) is 3.26. The van der Waals surface area contributed by atoms with Crippen LogP contribution in [-0.4, -0.2) is 54.3 Å². The molecule has 1 aliphatic rings. The number of H-pyrrole nitrogens is 1. The highest BCUT2D eigenvalue weighted by Gasteiger charge is 2.19. The first-order valence-corrected chi connectivity index (χ1v) is 8.27. The van der Waals surface area contributed by atoms with E-state index in [9.17, 15) is 9.90 Å². The first kappa shape index (κ1) is 16.0. The normalized spacial score (nSPS) is 14.0. The predicted molar refractivity (Wildman–Crippen MR) is 89.8 cm³/mol. The fourth-order valence-corrected chi connectivity index (χ4v) is 3.36. The molecule has 2 N–H and O–H groups in total. The first-order valence-electron chi connectivity index (χ1n) is 8.27. The Hall–Kier alpha value is -1.85. The Labute approximate surface area is 136 Å². The predicted octanol–water partition coefficient (Wildman–Crippen LogP) is 2.13. The summed E-state index contributed by atoms with van der Waals surface area (Å²) in [5, 5.41) is 10.4. The van der Waals surface area contributed by atoms with E-state index in [0.29, 0.717) is 25.3 Å². The van der Waals surface area contributed by atoms with Crippen LogP contribution in [0.4, 0.5) is 0 Å². The molecule has 1 amide bonds. The Kier molecular flexibility index (Phi) is 4.98. The average Bonchev–Trinajstić information content (AvgIpc) is 2.96. The lowest BCUT2D eigenvalue weighted by Gasteiger charge is -2.21. The Morgan fingerprint density at radius 2 is 2.13 bits per heavy atom. The van der Waals surface area contributed by atoms with Crippen LogP contribution < -0.4 is 0 Å². The molecule has 23 heavy (non-hydrogen) atoms. The lowest BCUT2D eigenvalue weighted by atomic mass is 9.95. The second kappa shape index (κ2) is 7.15. The van der Waals surface area contributed by atoms with E-state index in [1.165, 1.54) is 29.5 Å². The zero-order chi connectivity index (χ0) is 16.2. The maximum atomic E-state index is 12.7. The lowest BCUT2D eigenvalue weighted by molar-refractivity contribution is 0.0656. The van der Waals surface area contributed by atoms with Gasteiger partial charge in [0, 0.05) is 42.4 Å². The van der Waals surface area contributed by atoms with Crippen LogP contribution in [0.15, 0.2) is 18.2 Å². The van der Waals surface area contributed by atoms with Crippen LogP contribution in [0.25, 0.3) is 10.9 Å². The SMILES string of the molecule is COCCN(CCO)C(=O)c1ccc2[nH]c3c(c2c1)CCCC3. The molecule has 2 aromatic rings. The van der Waals surface area contributed by atoms with Gasteiger partial charge in [-0.2, -0.15) is 0 Å². The van der Waals surface area contributed by atoms with E-state index in [4.69, 9.17) is 4.74 Å². The van der Waals surface area contributed by atoms with Crippen molar-refractivity contribution in [3.8, 4) is 0 Å². The summed E-state index contributed by atoms with van der Waals surface area (Å²) in [6.45, 7) is 1.23. The van der Waals surface area contributed by atoms with E-state index < -0.39 is 0 Å². The van der Waals surface area contributed by atoms with E-state index in [-0.39, 0.29) is 12.5 Å². The van der Waals surface area contributed by atoms with Gasteiger partial charge in [0.05, 0.1) is 13.2 Å². The van der Waals surface area contributed by atoms with Crippen LogP contribution in [0.2, 0.25) is 0 Å². The summed E-state index contributed by atoms with van der Waals surface area (Å²) in [4.78, 5) is 17.9. The van der Waals surface area contributed by atoms with Crippen LogP contribution in [0.1, 0.15) is 34.5 Å². The minimum atomic E-state index is -0.0521. The van der Waals surface area contributed by atoms with Gasteiger partial charge in [0.2, 0.25) is 0 Å². The van der Waals surface area contributed by atoms with E-state index in [2.05, 4.69) is 4.98 Å². The van der Waals surface area contributed by atoms with Gasteiger partial charge < -0.3 is 19.7 Å². The summed E-state index contributed by atoms with van der Waals surface area (Å²) < 4.78 is 5.06. The number of aliphatic hydroxyl groups excluding tert-OH is 1. The summed E-state index contributed by atoms with van der Waals surface area (Å²) in [5.41, 5.74) is 4.47. The number of nitrogens with zero attached hydrogens (tertiary/aromatic N) is 1. The first-order chi connectivity index (χ1) is 11.2. The number of carbonyl (C=O) groups is 1. The van der Waals surface area contributed by atoms with Crippen molar-refractivity contribution in [2.24, 2.45) is 0 Å². The molecule has 1 aliphatic carbocycles. The van der Waals surface area contributed by atoms with Crippen LogP contribution in [0.5, 0.6) is 0 Å². The van der Waals surface area contributed by atoms with Crippen molar-refractivity contribution in [2.45, 2.75) is 25.7 Å². The number of aromatic nitrogens is 1. The third-order valence-electron chi connectivity index (χ3n) is 4.57. The largest absolute Gasteiger partial charge is 0.395 e. The molecule has 124 valence electrons. The van der Waals surface area contributed by atoms with Gasteiger partial charge in [-0.05, 0) is 49.4 Å². The van der Waals surface area contributed by atoms with Crippen molar-refractivity contribution >= 4 is 16.8 Å². The number of rotatable bonds is 6. The number of aromatic amines is 1. The molecular formula is C18H24N2O3. The number of benzene rings is 1. The topological polar surface area (TPSA) is 65.6 Å². The Morgan fingerprint density at radius 1 is 1.30 bits per heavy atom. The van der Waals surface area contributed by atoms with E-state index in [1.54, 1.807) is 12.0 Å². The lowest BCUT2D eigenvalue weighted by Crippen LogP contribution is -2.36. The van der Waals surface area contributed by atoms with Gasteiger partial charge in [-0.1, -0.05) is 0 Å². The van der Waals surface area contributed by atoms with Gasteiger partial charge in [-0.3, -0.25) is 4.79 Å². The summed E-state index contributed by atoms with van der Waals surface area (Å²) in [6, 6.07) is 5.85. The Bertz CT molecular complexity index is 693. The number of amides is 1. The monoisotopic (exact) mass is 316 g/mol. The van der Waals surface area contributed by atoms with Gasteiger partial charge in [0.1, 0.15) is 0 Å². The second-order valence-electron chi connectivity index (χ2n) is 6.06. The molecule has 5 heteroatoms. The zero-order valence-corrected chi connectivity index (χ0v) is 13.6. The molecule has 0 aliphatic heterocycles. The Morgan fingerprint density at radius 3 is 2.91 bits per heavy atom. The molecule has 0 saturated heterocycles. The molecule has 5 nitrogen and oxygen atoms in total. The number of nitrogens with one attached hydrogen (secondary N) is 1. The Balaban J connectivity index is 1.90. The zero-order valence-electron chi connectivity index (χ0n) is 13.6. The van der Waals surface area contributed by atoms with Crippen LogP contribution in [0, 0.1) is 0 Å². The smallest absolute Gasteiger partial charge is 0.254 e. The van der Waals surface area contributed by atoms with Crippen molar-refractivity contribution in [1.29, 1.82) is 0 Å². The highest BCUT2D eigenvalue weighted by molar-refractivity contribution is 5.99. The summed E-state index contributed by atoms with van der Waals surface area (Å²) in [5.74, 6) is -0.0521. The highest BCUT2D eigenvalue weighted by Crippen LogP contribution is 2.29. The van der Waals surface area contributed by atoms with Gasteiger partial charge in [-0.25, -0.2) is 0 Å². The highest BCUT2D eigenvalue weighted by atomic mass is 16.5. The number of methoxy groups -OCH3 is 1. The molecule has 0 saturated carbocycles. The number of fused-ring (bicyclic) bond motifs is 3. The van der Waals surface area contributed by atoms with Crippen LogP contribution in [0.3, 0.4) is 0 Å².